The van der Waals surface area contributed by atoms with Crippen molar-refractivity contribution in [3.63, 3.8) is 0 Å². The molecule has 0 radical (unpaired) electrons. The number of alkyl halides is 51. The topological polar surface area (TPSA) is 77.9 Å². The third-order valence-corrected chi connectivity index (χ3v) is 12.7. The summed E-state index contributed by atoms with van der Waals surface area (Å²) in [6.45, 7) is -9.47. The number of carbonyl (C=O) groups excluding carboxylic acids is 2. The van der Waals surface area contributed by atoms with Gasteiger partial charge in [0.25, 0.3) is 0 Å². The van der Waals surface area contributed by atoms with Crippen molar-refractivity contribution >= 4 is 17.8 Å². The molecular weight excluding hydrogens is 1530 g/mol. The number of hydrogen-bond donors (Lipinski definition) is 1. The molecule has 96 heavy (non-hydrogen) atoms. The zero-order chi connectivity index (χ0) is 78.4. The fourth-order valence-corrected chi connectivity index (χ4v) is 6.81. The molecule has 0 bridgehead atoms. The van der Waals surface area contributed by atoms with Gasteiger partial charge in [0, 0.05) is 58.3 Å². The third-order valence-electron chi connectivity index (χ3n) is 12.7. The van der Waals surface area contributed by atoms with Gasteiger partial charge in [-0.2, -0.15) is 224 Å². The van der Waals surface area contributed by atoms with Gasteiger partial charge >= 0.3 is 149 Å². The predicted molar refractivity (Wildman–Crippen MR) is 200 cm³/mol. The van der Waals surface area contributed by atoms with E-state index >= 15 is 0 Å². The van der Waals surface area contributed by atoms with Gasteiger partial charge in [0.1, 0.15) is 0 Å². The molecular formula is C39H25F51N2O4. The Kier molecular flexibility index (Phi) is 24.4. The van der Waals surface area contributed by atoms with E-state index in [1.165, 1.54) is 0 Å². The molecule has 2 amide bonds. The SMILES string of the molecule is O=C(O)CCN(CCCC(F)(F)C(F)(F)C(F)(F)C(F)(F)C(F)(F)C(F)(F)C(F)(F)C(F)(F)F)C(=O)CCN(CCCC(F)(F)C(F)(F)C(F)(F)C(F)(F)C(F)(F)C(F)(F)C(F)(F)C(F)(F)F)C(=O)CCC(F)(F)C(F)(F)C(F)(F)C(F)(F)C(F)(F)C(F)(F)C(F)(F)C(F)(F)F. The van der Waals surface area contributed by atoms with Crippen LogP contribution in [0.3, 0.4) is 0 Å². The van der Waals surface area contributed by atoms with Crippen LogP contribution in [0.4, 0.5) is 224 Å². The quantitative estimate of drug-likeness (QED) is 0.0642. The van der Waals surface area contributed by atoms with Gasteiger partial charge in [-0.15, -0.1) is 0 Å². The number of carboxylic acid groups (broad SMARTS) is 1. The lowest BCUT2D eigenvalue weighted by Gasteiger charge is -2.43. The van der Waals surface area contributed by atoms with Crippen LogP contribution in [0.1, 0.15) is 51.4 Å². The van der Waals surface area contributed by atoms with Crippen molar-refractivity contribution in [1.82, 2.24) is 9.80 Å². The van der Waals surface area contributed by atoms with Crippen LogP contribution >= 0.6 is 0 Å². The van der Waals surface area contributed by atoms with Crippen LogP contribution in [0.2, 0.25) is 0 Å². The molecule has 1 N–H and O–H groups in total. The Bertz CT molecular complexity index is 2700. The Morgan fingerprint density at radius 3 is 0.573 bits per heavy atom. The second-order valence-corrected chi connectivity index (χ2v) is 19.3. The molecule has 0 saturated heterocycles. The van der Waals surface area contributed by atoms with Crippen molar-refractivity contribution in [3.8, 4) is 0 Å². The molecule has 0 rings (SSSR count). The molecule has 0 saturated carbocycles. The molecule has 6 nitrogen and oxygen atoms in total. The van der Waals surface area contributed by atoms with Crippen molar-refractivity contribution in [1.29, 1.82) is 0 Å². The largest absolute Gasteiger partial charge is 0.481 e. The molecule has 0 heterocycles. The molecule has 57 heteroatoms. The minimum Gasteiger partial charge on any atom is -0.481 e. The van der Waals surface area contributed by atoms with Crippen LogP contribution in [0.25, 0.3) is 0 Å². The number of halogens is 51. The first-order chi connectivity index (χ1) is 41.1. The van der Waals surface area contributed by atoms with E-state index in [0.29, 0.717) is 0 Å². The average Bonchev–Trinajstić information content (AvgIpc) is 0.709. The number of aliphatic carboxylic acids is 1. The number of carboxylic acids is 1. The summed E-state index contributed by atoms with van der Waals surface area (Å²) in [6.07, 6.45) is -49.4. The normalized spacial score (nSPS) is 16.1. The minimum atomic E-state index is -9.41. The van der Waals surface area contributed by atoms with Gasteiger partial charge in [0.15, 0.2) is 0 Å². The minimum absolute atomic E-state index is 0.701. The Balaban J connectivity index is 7.83. The van der Waals surface area contributed by atoms with Crippen LogP contribution in [-0.2, 0) is 14.4 Å². The summed E-state index contributed by atoms with van der Waals surface area (Å²) in [4.78, 5) is 35.1. The Hall–Kier alpha value is -5.16. The lowest BCUT2D eigenvalue weighted by molar-refractivity contribution is -0.461. The number of rotatable bonds is 35. The molecule has 0 aromatic carbocycles. The number of hydrogen-bond acceptors (Lipinski definition) is 3. The summed E-state index contributed by atoms with van der Waals surface area (Å²) >= 11 is 0. The summed E-state index contributed by atoms with van der Waals surface area (Å²) in [5.41, 5.74) is 0. The van der Waals surface area contributed by atoms with Crippen LogP contribution in [0.5, 0.6) is 0 Å². The summed E-state index contributed by atoms with van der Waals surface area (Å²) < 4.78 is 701. The fourth-order valence-electron chi connectivity index (χ4n) is 6.81. The smallest absolute Gasteiger partial charge is 0.460 e. The van der Waals surface area contributed by atoms with E-state index in [-0.39, 0.29) is 0 Å². The van der Waals surface area contributed by atoms with Crippen molar-refractivity contribution in [2.45, 2.75) is 194 Å². The molecule has 0 spiro atoms. The van der Waals surface area contributed by atoms with E-state index in [9.17, 15) is 238 Å². The van der Waals surface area contributed by atoms with Gasteiger partial charge in [-0.25, -0.2) is 0 Å². The van der Waals surface area contributed by atoms with Crippen LogP contribution in [-0.4, -0.2) is 202 Å². The maximum absolute atomic E-state index is 14.7. The second kappa shape index (κ2) is 25.8. The summed E-state index contributed by atoms with van der Waals surface area (Å²) in [7, 11) is 0. The number of carbonyl (C=O) groups is 3. The maximum atomic E-state index is 14.7. The molecule has 0 aliphatic carbocycles. The highest BCUT2D eigenvalue weighted by Gasteiger charge is 2.98. The van der Waals surface area contributed by atoms with E-state index in [1.54, 1.807) is 0 Å². The highest BCUT2D eigenvalue weighted by Crippen LogP contribution is 2.68. The zero-order valence-electron chi connectivity index (χ0n) is 43.8. The maximum Gasteiger partial charge on any atom is 0.460 e. The standard InChI is InChI=1S/C39H25F51N2O4/c40-16(41,19(46,47)22(52,53)25(58,59)28(64,65)31(70,71)34(76,77)37(82,83)84)6-1-9-91(13(93)3-8-18(44,45)21(50,51)24(56,57)27(62,63)30(68,69)33(74,75)36(80,81)39(88,89)90)11-4-14(94)92(12-5-15(95)96)10-2-7-17(42,43)20(48,49)23(54,55)26(60,61)29(66,67)32(72,73)35(78,79)38(85,86)87/h1-12H2,(H,95,96). The Labute approximate surface area is 492 Å². The van der Waals surface area contributed by atoms with Gasteiger partial charge in [-0.1, -0.05) is 0 Å². The summed E-state index contributed by atoms with van der Waals surface area (Å²) in [5, 5.41) is 8.87. The van der Waals surface area contributed by atoms with Crippen LogP contribution < -0.4 is 0 Å². The van der Waals surface area contributed by atoms with Crippen LogP contribution in [0, 0.1) is 0 Å². The van der Waals surface area contributed by atoms with Gasteiger partial charge in [-0.3, -0.25) is 14.4 Å². The van der Waals surface area contributed by atoms with Gasteiger partial charge in [-0.05, 0) is 12.8 Å². The van der Waals surface area contributed by atoms with Crippen LogP contribution in [0.15, 0.2) is 0 Å². The fraction of sp³-hybridized carbons (Fsp3) is 0.923. The van der Waals surface area contributed by atoms with Crippen molar-refractivity contribution in [2.75, 3.05) is 26.2 Å². The molecule has 0 aliphatic rings. The molecule has 0 fully saturated rings. The number of nitrogens with zero attached hydrogens (tertiary/aromatic N) is 2. The lowest BCUT2D eigenvalue weighted by atomic mass is 9.88. The van der Waals surface area contributed by atoms with Gasteiger partial charge in [0.2, 0.25) is 11.8 Å². The van der Waals surface area contributed by atoms with Crippen molar-refractivity contribution in [2.24, 2.45) is 0 Å². The van der Waals surface area contributed by atoms with Crippen molar-refractivity contribution in [3.05, 3.63) is 0 Å². The van der Waals surface area contributed by atoms with E-state index in [1.807, 2.05) is 0 Å². The van der Waals surface area contributed by atoms with Crippen molar-refractivity contribution < 1.29 is 243 Å². The van der Waals surface area contributed by atoms with E-state index in [2.05, 4.69) is 0 Å². The molecule has 0 aliphatic heterocycles. The van der Waals surface area contributed by atoms with E-state index in [4.69, 9.17) is 5.11 Å². The molecule has 0 unspecified atom stereocenters. The van der Waals surface area contributed by atoms with E-state index < -0.39 is 248 Å². The van der Waals surface area contributed by atoms with Gasteiger partial charge < -0.3 is 14.9 Å². The zero-order valence-corrected chi connectivity index (χ0v) is 43.8. The molecule has 572 valence electrons. The third kappa shape index (κ3) is 13.9. The lowest BCUT2D eigenvalue weighted by Crippen LogP contribution is -2.74. The highest BCUT2D eigenvalue weighted by molar-refractivity contribution is 5.79. The monoisotopic (exact) mass is 1550 g/mol. The Morgan fingerprint density at radius 1 is 0.208 bits per heavy atom. The first kappa shape index (κ1) is 90.8. The second-order valence-electron chi connectivity index (χ2n) is 19.3. The predicted octanol–water partition coefficient (Wildman–Crippen LogP) is 17.9. The highest BCUT2D eigenvalue weighted by atomic mass is 19.5. The first-order valence-electron chi connectivity index (χ1n) is 23.1. The Morgan fingerprint density at radius 2 is 0.375 bits per heavy atom. The molecule has 0 aromatic heterocycles. The average molecular weight is 1550 g/mol. The molecule has 0 aromatic rings. The molecule has 0 atom stereocenters. The van der Waals surface area contributed by atoms with E-state index in [0.717, 1.165) is 0 Å². The van der Waals surface area contributed by atoms with Gasteiger partial charge in [0.05, 0.1) is 6.42 Å². The number of amides is 2. The summed E-state index contributed by atoms with van der Waals surface area (Å²) in [6, 6.07) is 0. The summed E-state index contributed by atoms with van der Waals surface area (Å²) in [5.74, 6) is -194. The first-order valence-corrected chi connectivity index (χ1v) is 23.1.